The minimum atomic E-state index is -0.319. The molecular weight excluding hydrogens is 690 g/mol. The van der Waals surface area contributed by atoms with Crippen LogP contribution in [-0.4, -0.2) is 58.4 Å². The number of rotatable bonds is 5. The van der Waals surface area contributed by atoms with Crippen molar-refractivity contribution in [3.63, 3.8) is 0 Å². The summed E-state index contributed by atoms with van der Waals surface area (Å²) in [7, 11) is 0. The van der Waals surface area contributed by atoms with Crippen LogP contribution >= 0.6 is 0 Å². The van der Waals surface area contributed by atoms with E-state index in [0.29, 0.717) is 11.8 Å². The maximum Gasteiger partial charge on any atom is 0.298 e. The smallest absolute Gasteiger partial charge is 0.298 e. The monoisotopic (exact) mass is 743 g/mol. The fourth-order valence-electron chi connectivity index (χ4n) is 6.01. The minimum Gasteiger partial charge on any atom is -0.372 e. The van der Waals surface area contributed by atoms with Crippen molar-refractivity contribution in [3.8, 4) is 18.2 Å². The standard InChI is InChI=1S/C16H17N3.C13H17NO.C7H5FO.C6H13N.C3H2N2/c17-12-15(13-18)11-14-5-7-16(8-6-14)19-9-3-1-2-4-10-19;15-11-12-5-7-13(8-6-12)14-9-3-1-2-4-10-14;8-7-3-1-6(5-9)2-4-7;1-2-4-6-7-5-3-1;1-5-3-2-4/h5-8,11H,1-4,9-10H2;5-8,11H,1-4,9-10H2;1-5H;7H,1-6H2;3H2. The van der Waals surface area contributed by atoms with Crippen molar-refractivity contribution >= 4 is 30.0 Å². The molecule has 55 heavy (non-hydrogen) atoms. The van der Waals surface area contributed by atoms with Gasteiger partial charge in [-0.25, -0.2) is 11.0 Å². The number of aldehydes is 2. The summed E-state index contributed by atoms with van der Waals surface area (Å²) in [5.74, 6) is -0.319. The first-order chi connectivity index (χ1) is 27.0. The van der Waals surface area contributed by atoms with Crippen molar-refractivity contribution in [2.24, 2.45) is 0 Å². The number of hydrogen-bond acceptors (Lipinski definition) is 8. The normalized spacial score (nSPS) is 14.8. The van der Waals surface area contributed by atoms with Crippen LogP contribution in [0.4, 0.5) is 15.8 Å². The summed E-state index contributed by atoms with van der Waals surface area (Å²) < 4.78 is 12.1. The lowest BCUT2D eigenvalue weighted by molar-refractivity contribution is 0.111. The van der Waals surface area contributed by atoms with Gasteiger partial charge in [-0.1, -0.05) is 50.7 Å². The maximum atomic E-state index is 12.1. The van der Waals surface area contributed by atoms with Gasteiger partial charge in [0, 0.05) is 48.7 Å². The van der Waals surface area contributed by atoms with Crippen molar-refractivity contribution in [1.82, 2.24) is 5.32 Å². The highest BCUT2D eigenvalue weighted by Gasteiger charge is 2.10. The van der Waals surface area contributed by atoms with Gasteiger partial charge in [-0.15, -0.1) is 0 Å². The van der Waals surface area contributed by atoms with Crippen LogP contribution in [0.3, 0.4) is 0 Å². The first kappa shape index (κ1) is 45.3. The highest BCUT2D eigenvalue weighted by Crippen LogP contribution is 2.21. The van der Waals surface area contributed by atoms with Gasteiger partial charge in [0.1, 0.15) is 42.2 Å². The fourth-order valence-corrected chi connectivity index (χ4v) is 6.01. The molecule has 9 nitrogen and oxygen atoms in total. The molecule has 3 heterocycles. The SMILES string of the molecule is C1CCCNCC1.N#CC(C#N)=Cc1ccc(N2CCCCCC2)cc1.O=Cc1ccc(F)cc1.O=Cc1ccc(N2CCCCCC2)cc1.[C-]#[N+]CC#N. The molecule has 0 aromatic heterocycles. The number of anilines is 2. The van der Waals surface area contributed by atoms with E-state index in [-0.39, 0.29) is 17.9 Å². The van der Waals surface area contributed by atoms with Crippen LogP contribution in [0.1, 0.15) is 103 Å². The topological polar surface area (TPSA) is 128 Å². The molecule has 0 atom stereocenters. The van der Waals surface area contributed by atoms with Crippen LogP contribution in [0.5, 0.6) is 0 Å². The zero-order valence-electron chi connectivity index (χ0n) is 32.0. The van der Waals surface area contributed by atoms with Crippen molar-refractivity contribution in [2.45, 2.75) is 77.0 Å². The summed E-state index contributed by atoms with van der Waals surface area (Å²) in [6.07, 6.45) is 19.3. The van der Waals surface area contributed by atoms with Crippen LogP contribution in [0, 0.1) is 46.4 Å². The highest BCUT2D eigenvalue weighted by molar-refractivity contribution is 5.76. The second-order valence-electron chi connectivity index (χ2n) is 13.2. The van der Waals surface area contributed by atoms with Crippen LogP contribution < -0.4 is 15.1 Å². The van der Waals surface area contributed by atoms with Gasteiger partial charge in [-0.2, -0.15) is 15.8 Å². The molecule has 0 spiro atoms. The van der Waals surface area contributed by atoms with Gasteiger partial charge in [0.15, 0.2) is 0 Å². The fraction of sp³-hybridized carbons (Fsp3) is 0.422. The van der Waals surface area contributed by atoms with E-state index in [2.05, 4.69) is 44.2 Å². The molecule has 0 aliphatic carbocycles. The summed E-state index contributed by atoms with van der Waals surface area (Å²) in [4.78, 5) is 28.1. The molecule has 0 bridgehead atoms. The molecule has 0 saturated carbocycles. The zero-order valence-corrected chi connectivity index (χ0v) is 32.0. The number of nitrogens with one attached hydrogen (secondary N) is 1. The Hall–Kier alpha value is -5.81. The van der Waals surface area contributed by atoms with Crippen molar-refractivity contribution < 1.29 is 14.0 Å². The Morgan fingerprint density at radius 1 is 0.618 bits per heavy atom. The van der Waals surface area contributed by atoms with Gasteiger partial charge < -0.3 is 20.0 Å². The Morgan fingerprint density at radius 2 is 1.00 bits per heavy atom. The number of halogens is 1. The first-order valence-electron chi connectivity index (χ1n) is 19.3. The Morgan fingerprint density at radius 3 is 1.35 bits per heavy atom. The van der Waals surface area contributed by atoms with Gasteiger partial charge in [-0.05, 0) is 124 Å². The molecule has 0 amide bonds. The Bertz CT molecular complexity index is 1650. The summed E-state index contributed by atoms with van der Waals surface area (Å²) >= 11 is 0. The molecule has 3 aliphatic rings. The molecular formula is C45H54FN7O2. The summed E-state index contributed by atoms with van der Waals surface area (Å²) in [6.45, 7) is 13.0. The van der Waals surface area contributed by atoms with Gasteiger partial charge >= 0.3 is 0 Å². The van der Waals surface area contributed by atoms with E-state index < -0.39 is 0 Å². The van der Waals surface area contributed by atoms with E-state index in [9.17, 15) is 14.0 Å². The maximum absolute atomic E-state index is 12.1. The second-order valence-corrected chi connectivity index (χ2v) is 13.2. The molecule has 10 heteroatoms. The lowest BCUT2D eigenvalue weighted by atomic mass is 10.1. The Kier molecular flexibility index (Phi) is 24.4. The van der Waals surface area contributed by atoms with Crippen molar-refractivity contribution in [3.05, 3.63) is 112 Å². The lowest BCUT2D eigenvalue weighted by Gasteiger charge is -2.22. The average molecular weight is 744 g/mol. The van der Waals surface area contributed by atoms with Gasteiger partial charge in [0.2, 0.25) is 0 Å². The lowest BCUT2D eigenvalue weighted by Crippen LogP contribution is -2.23. The van der Waals surface area contributed by atoms with Gasteiger partial charge in [-0.3, -0.25) is 9.59 Å². The summed E-state index contributed by atoms with van der Waals surface area (Å²) in [5.41, 5.74) is 4.78. The van der Waals surface area contributed by atoms with E-state index in [0.717, 1.165) is 43.6 Å². The van der Waals surface area contributed by atoms with Crippen molar-refractivity contribution in [1.29, 1.82) is 15.8 Å². The van der Waals surface area contributed by atoms with Crippen LogP contribution in [0.25, 0.3) is 10.9 Å². The van der Waals surface area contributed by atoms with Crippen LogP contribution in [0.15, 0.2) is 78.4 Å². The third-order valence-corrected chi connectivity index (χ3v) is 9.03. The largest absolute Gasteiger partial charge is 0.372 e. The predicted octanol–water partition coefficient (Wildman–Crippen LogP) is 9.59. The molecule has 0 unspecified atom stereocenters. The van der Waals surface area contributed by atoms with Crippen LogP contribution in [0.2, 0.25) is 0 Å². The number of nitrogens with zero attached hydrogens (tertiary/aromatic N) is 6. The number of carbonyl (C=O) groups excluding carboxylic acids is 2. The molecule has 0 radical (unpaired) electrons. The quantitative estimate of drug-likeness (QED) is 0.118. The molecule has 1 N–H and O–H groups in total. The second kappa shape index (κ2) is 29.6. The summed E-state index contributed by atoms with van der Waals surface area (Å²) in [6, 6.07) is 26.8. The number of nitriles is 3. The summed E-state index contributed by atoms with van der Waals surface area (Å²) in [5, 5.41) is 28.4. The average Bonchev–Trinajstić information content (AvgIpc) is 3.82. The van der Waals surface area contributed by atoms with Crippen LogP contribution in [-0.2, 0) is 0 Å². The Balaban J connectivity index is 0.000000257. The predicted molar refractivity (Wildman–Crippen MR) is 219 cm³/mol. The molecule has 3 aromatic rings. The highest BCUT2D eigenvalue weighted by atomic mass is 19.1. The minimum absolute atomic E-state index is 0.0139. The molecule has 3 saturated heterocycles. The Labute approximate surface area is 327 Å². The van der Waals surface area contributed by atoms with E-state index in [1.165, 1.54) is 126 Å². The van der Waals surface area contributed by atoms with Gasteiger partial charge in [0.25, 0.3) is 6.54 Å². The number of allylic oxidation sites excluding steroid dienone is 1. The molecule has 288 valence electrons. The first-order valence-corrected chi connectivity index (χ1v) is 19.3. The van der Waals surface area contributed by atoms with Gasteiger partial charge in [0.05, 0.1) is 0 Å². The number of hydrogen-bond donors (Lipinski definition) is 1. The third kappa shape index (κ3) is 20.3. The number of carbonyl (C=O) groups is 2. The van der Waals surface area contributed by atoms with E-state index in [1.54, 1.807) is 12.1 Å². The number of benzene rings is 3. The van der Waals surface area contributed by atoms with Crippen molar-refractivity contribution in [2.75, 3.05) is 55.6 Å². The molecule has 6 rings (SSSR count). The van der Waals surface area contributed by atoms with E-state index >= 15 is 0 Å². The zero-order chi connectivity index (χ0) is 39.8. The molecule has 3 fully saturated rings. The van der Waals surface area contributed by atoms with E-state index in [1.807, 2.05) is 36.4 Å². The van der Waals surface area contributed by atoms with E-state index in [4.69, 9.17) is 22.4 Å². The molecule has 3 aliphatic heterocycles. The molecule has 3 aromatic carbocycles. The third-order valence-electron chi connectivity index (χ3n) is 9.03.